The van der Waals surface area contributed by atoms with Gasteiger partial charge in [0.2, 0.25) is 5.91 Å². The number of hydrogen-bond acceptors (Lipinski definition) is 6. The van der Waals surface area contributed by atoms with Gasteiger partial charge in [-0.3, -0.25) is 4.79 Å². The minimum Gasteiger partial charge on any atom is -0.492 e. The number of piperidine rings is 1. The van der Waals surface area contributed by atoms with Crippen LogP contribution in [0.3, 0.4) is 0 Å². The number of ether oxygens (including phenoxy) is 1. The number of rotatable bonds is 6. The van der Waals surface area contributed by atoms with Gasteiger partial charge in [0.25, 0.3) is 5.78 Å². The van der Waals surface area contributed by atoms with E-state index in [1.54, 1.807) is 4.52 Å². The molecule has 1 aliphatic heterocycles. The van der Waals surface area contributed by atoms with Gasteiger partial charge in [0.15, 0.2) is 0 Å². The second-order valence-electron chi connectivity index (χ2n) is 7.53. The van der Waals surface area contributed by atoms with Crippen LogP contribution < -0.4 is 15.0 Å². The number of carbonyl (C=O) groups excluding carboxylic acids is 1. The molecule has 0 saturated carbocycles. The summed E-state index contributed by atoms with van der Waals surface area (Å²) in [6.45, 7) is 8.13. The van der Waals surface area contributed by atoms with Crippen molar-refractivity contribution in [3.63, 3.8) is 0 Å². The Kier molecular flexibility index (Phi) is 5.83. The van der Waals surface area contributed by atoms with Gasteiger partial charge in [0, 0.05) is 24.3 Å². The maximum atomic E-state index is 13.1. The average molecular weight is 409 g/mol. The number of amides is 1. The van der Waals surface area contributed by atoms with Crippen molar-refractivity contribution in [3.05, 3.63) is 41.9 Å². The van der Waals surface area contributed by atoms with E-state index in [0.717, 1.165) is 42.9 Å². The molecule has 1 fully saturated rings. The second-order valence-corrected chi connectivity index (χ2v) is 7.53. The molecule has 8 nitrogen and oxygen atoms in total. The number of nitrogens with zero attached hydrogens (tertiary/aromatic N) is 5. The number of para-hydroxylation sites is 2. The van der Waals surface area contributed by atoms with Crippen LogP contribution in [0.5, 0.6) is 5.75 Å². The number of fused-ring (bicyclic) bond motifs is 1. The van der Waals surface area contributed by atoms with E-state index < -0.39 is 0 Å². The average Bonchev–Trinajstić information content (AvgIpc) is 3.22. The molecule has 1 saturated heterocycles. The van der Waals surface area contributed by atoms with E-state index in [1.807, 2.05) is 38.1 Å². The number of hydrogen-bond donors (Lipinski definition) is 1. The van der Waals surface area contributed by atoms with Gasteiger partial charge < -0.3 is 15.0 Å². The van der Waals surface area contributed by atoms with Crippen LogP contribution in [0.1, 0.15) is 37.9 Å². The molecule has 3 aromatic rings. The zero-order valence-electron chi connectivity index (χ0n) is 17.8. The number of aryl methyl sites for hydroxylation is 1. The van der Waals surface area contributed by atoms with Crippen LogP contribution in [0.25, 0.3) is 5.78 Å². The molecule has 8 heteroatoms. The normalized spacial score (nSPS) is 16.6. The van der Waals surface area contributed by atoms with E-state index in [1.165, 1.54) is 6.33 Å². The van der Waals surface area contributed by atoms with Crippen LogP contribution in [-0.4, -0.2) is 45.2 Å². The summed E-state index contributed by atoms with van der Waals surface area (Å²) in [6.07, 6.45) is 4.17. The third kappa shape index (κ3) is 3.81. The van der Waals surface area contributed by atoms with Gasteiger partial charge in [0.1, 0.15) is 17.9 Å². The predicted molar refractivity (Wildman–Crippen MR) is 116 cm³/mol. The lowest BCUT2D eigenvalue weighted by Gasteiger charge is -2.35. The summed E-state index contributed by atoms with van der Waals surface area (Å²) >= 11 is 0. The fourth-order valence-corrected chi connectivity index (χ4v) is 4.18. The molecule has 4 rings (SSSR count). The molecule has 1 N–H and O–H groups in total. The highest BCUT2D eigenvalue weighted by atomic mass is 16.5. The monoisotopic (exact) mass is 408 g/mol. The van der Waals surface area contributed by atoms with Gasteiger partial charge >= 0.3 is 0 Å². The van der Waals surface area contributed by atoms with Gasteiger partial charge in [-0.05, 0) is 45.2 Å². The topological polar surface area (TPSA) is 84.6 Å². The summed E-state index contributed by atoms with van der Waals surface area (Å²) in [7, 11) is 0. The molecule has 1 aromatic carbocycles. The van der Waals surface area contributed by atoms with E-state index >= 15 is 0 Å². The predicted octanol–water partition coefficient (Wildman–Crippen LogP) is 3.25. The zero-order chi connectivity index (χ0) is 21.1. The highest BCUT2D eigenvalue weighted by molar-refractivity contribution is 5.94. The van der Waals surface area contributed by atoms with Crippen molar-refractivity contribution in [2.45, 2.75) is 40.0 Å². The first-order chi connectivity index (χ1) is 14.6. The molecule has 1 aliphatic rings. The maximum absolute atomic E-state index is 13.1. The Labute approximate surface area is 176 Å². The SMILES string of the molecule is CCOc1ccccc1NC(=O)[C@@H]1CCCN(c2c(CC)c(C)nc3ncnn23)C1. The Morgan fingerprint density at radius 2 is 2.13 bits per heavy atom. The summed E-state index contributed by atoms with van der Waals surface area (Å²) in [5.41, 5.74) is 2.83. The van der Waals surface area contributed by atoms with Crippen molar-refractivity contribution < 1.29 is 9.53 Å². The van der Waals surface area contributed by atoms with Crippen molar-refractivity contribution in [1.82, 2.24) is 19.6 Å². The molecular formula is C22H28N6O2. The van der Waals surface area contributed by atoms with Crippen LogP contribution in [-0.2, 0) is 11.2 Å². The molecule has 158 valence electrons. The van der Waals surface area contributed by atoms with E-state index in [0.29, 0.717) is 30.4 Å². The Morgan fingerprint density at radius 3 is 2.93 bits per heavy atom. The lowest BCUT2D eigenvalue weighted by Crippen LogP contribution is -2.42. The van der Waals surface area contributed by atoms with E-state index in [2.05, 4.69) is 32.2 Å². The lowest BCUT2D eigenvalue weighted by molar-refractivity contribution is -0.120. The third-order valence-electron chi connectivity index (χ3n) is 5.59. The maximum Gasteiger partial charge on any atom is 0.254 e. The highest BCUT2D eigenvalue weighted by Crippen LogP contribution is 2.30. The molecule has 0 aliphatic carbocycles. The van der Waals surface area contributed by atoms with Crippen LogP contribution >= 0.6 is 0 Å². The van der Waals surface area contributed by atoms with Crippen molar-refractivity contribution in [3.8, 4) is 5.75 Å². The van der Waals surface area contributed by atoms with Gasteiger partial charge in [-0.25, -0.2) is 4.98 Å². The molecule has 0 spiro atoms. The standard InChI is InChI=1S/C22H28N6O2/c1-4-17-15(3)25-22-23-14-24-28(22)21(17)27-12-8-9-16(13-27)20(29)26-18-10-6-7-11-19(18)30-5-2/h6-7,10-11,14,16H,4-5,8-9,12-13H2,1-3H3,(H,26,29)/t16-/m1/s1. The van der Waals surface area contributed by atoms with Crippen molar-refractivity contribution in [2.24, 2.45) is 5.92 Å². The molecule has 1 atom stereocenters. The number of nitrogens with one attached hydrogen (secondary N) is 1. The van der Waals surface area contributed by atoms with E-state index in [4.69, 9.17) is 4.74 Å². The van der Waals surface area contributed by atoms with Gasteiger partial charge in [-0.2, -0.15) is 14.6 Å². The molecule has 1 amide bonds. The van der Waals surface area contributed by atoms with Crippen molar-refractivity contribution in [1.29, 1.82) is 0 Å². The zero-order valence-corrected chi connectivity index (χ0v) is 17.8. The van der Waals surface area contributed by atoms with Crippen LogP contribution in [0.4, 0.5) is 11.5 Å². The minimum absolute atomic E-state index is 0.0190. The molecule has 0 unspecified atom stereocenters. The number of aromatic nitrogens is 4. The number of benzene rings is 1. The summed E-state index contributed by atoms with van der Waals surface area (Å²) in [5.74, 6) is 2.20. The number of anilines is 2. The molecule has 0 radical (unpaired) electrons. The van der Waals surface area contributed by atoms with Gasteiger partial charge in [-0.1, -0.05) is 19.1 Å². The fraction of sp³-hybridized carbons (Fsp3) is 0.455. The Hall–Kier alpha value is -3.16. The van der Waals surface area contributed by atoms with E-state index in [9.17, 15) is 4.79 Å². The van der Waals surface area contributed by atoms with Crippen LogP contribution in [0.2, 0.25) is 0 Å². The van der Waals surface area contributed by atoms with Crippen molar-refractivity contribution >= 4 is 23.2 Å². The van der Waals surface area contributed by atoms with Gasteiger partial charge in [0.05, 0.1) is 18.2 Å². The first kappa shape index (κ1) is 20.1. The quantitative estimate of drug-likeness (QED) is 0.674. The van der Waals surface area contributed by atoms with E-state index in [-0.39, 0.29) is 11.8 Å². The van der Waals surface area contributed by atoms with Crippen LogP contribution in [0.15, 0.2) is 30.6 Å². The number of carbonyl (C=O) groups is 1. The highest BCUT2D eigenvalue weighted by Gasteiger charge is 2.29. The summed E-state index contributed by atoms with van der Waals surface area (Å²) in [6, 6.07) is 7.56. The molecule has 3 heterocycles. The molecule has 2 aromatic heterocycles. The minimum atomic E-state index is -0.120. The summed E-state index contributed by atoms with van der Waals surface area (Å²) in [4.78, 5) is 24.2. The van der Waals surface area contributed by atoms with Crippen LogP contribution in [0, 0.1) is 12.8 Å². The summed E-state index contributed by atoms with van der Waals surface area (Å²) < 4.78 is 7.45. The Morgan fingerprint density at radius 1 is 1.30 bits per heavy atom. The molecule has 30 heavy (non-hydrogen) atoms. The van der Waals surface area contributed by atoms with Gasteiger partial charge in [-0.15, -0.1) is 0 Å². The Bertz CT molecular complexity index is 1050. The van der Waals surface area contributed by atoms with Crippen molar-refractivity contribution in [2.75, 3.05) is 29.9 Å². The fourth-order valence-electron chi connectivity index (χ4n) is 4.18. The lowest BCUT2D eigenvalue weighted by atomic mass is 9.96. The third-order valence-corrected chi connectivity index (χ3v) is 5.59. The smallest absolute Gasteiger partial charge is 0.254 e. The summed E-state index contributed by atoms with van der Waals surface area (Å²) in [5, 5.41) is 7.47. The Balaban J connectivity index is 1.58. The first-order valence-corrected chi connectivity index (χ1v) is 10.6. The largest absolute Gasteiger partial charge is 0.492 e. The molecule has 0 bridgehead atoms. The second kappa shape index (κ2) is 8.69. The molecular weight excluding hydrogens is 380 g/mol. The first-order valence-electron chi connectivity index (χ1n) is 10.6.